The summed E-state index contributed by atoms with van der Waals surface area (Å²) in [7, 11) is 3.13. The van der Waals surface area contributed by atoms with E-state index in [1.54, 1.807) is 25.3 Å². The molecular formula is C20H22N2O4. The van der Waals surface area contributed by atoms with Gasteiger partial charge in [0, 0.05) is 19.0 Å². The normalized spacial score (nSPS) is 9.88. The number of nitrogens with one attached hydrogen (secondary N) is 1. The van der Waals surface area contributed by atoms with Gasteiger partial charge in [-0.25, -0.2) is 0 Å². The predicted octanol–water partition coefficient (Wildman–Crippen LogP) is 3.05. The van der Waals surface area contributed by atoms with Crippen molar-refractivity contribution < 1.29 is 19.0 Å². The molecule has 0 saturated carbocycles. The van der Waals surface area contributed by atoms with E-state index < -0.39 is 0 Å². The molecule has 6 nitrogen and oxygen atoms in total. The largest absolute Gasteiger partial charge is 0.497 e. The van der Waals surface area contributed by atoms with Crippen LogP contribution in [0.1, 0.15) is 24.0 Å². The molecule has 0 saturated heterocycles. The lowest BCUT2D eigenvalue weighted by Gasteiger charge is -2.11. The van der Waals surface area contributed by atoms with E-state index in [0.717, 1.165) is 11.3 Å². The Hall–Kier alpha value is -3.20. The number of hydrogen-bond donors (Lipinski definition) is 1. The van der Waals surface area contributed by atoms with Gasteiger partial charge in [0.2, 0.25) is 5.91 Å². The van der Waals surface area contributed by atoms with Crippen molar-refractivity contribution in [1.29, 1.82) is 5.26 Å². The Morgan fingerprint density at radius 1 is 1.12 bits per heavy atom. The summed E-state index contributed by atoms with van der Waals surface area (Å²) in [6, 6.07) is 14.6. The number of ether oxygens (including phenoxy) is 3. The monoisotopic (exact) mass is 354 g/mol. The lowest BCUT2D eigenvalue weighted by Crippen LogP contribution is -2.23. The van der Waals surface area contributed by atoms with Gasteiger partial charge in [-0.2, -0.15) is 5.26 Å². The van der Waals surface area contributed by atoms with Crippen molar-refractivity contribution in [2.75, 3.05) is 20.8 Å². The van der Waals surface area contributed by atoms with E-state index in [-0.39, 0.29) is 5.91 Å². The molecule has 2 rings (SSSR count). The Kier molecular flexibility index (Phi) is 7.31. The van der Waals surface area contributed by atoms with Gasteiger partial charge in [0.15, 0.2) is 11.5 Å². The Morgan fingerprint density at radius 3 is 2.69 bits per heavy atom. The maximum Gasteiger partial charge on any atom is 0.220 e. The molecule has 2 aromatic rings. The molecule has 0 aliphatic carbocycles. The second-order valence-corrected chi connectivity index (χ2v) is 5.56. The predicted molar refractivity (Wildman–Crippen MR) is 97.3 cm³/mol. The summed E-state index contributed by atoms with van der Waals surface area (Å²) in [5.74, 6) is 1.79. The lowest BCUT2D eigenvalue weighted by molar-refractivity contribution is -0.121. The maximum atomic E-state index is 11.9. The fraction of sp³-hybridized carbons (Fsp3) is 0.300. The molecule has 0 aliphatic rings. The highest BCUT2D eigenvalue weighted by molar-refractivity contribution is 5.75. The average molecular weight is 354 g/mol. The van der Waals surface area contributed by atoms with Crippen molar-refractivity contribution in [3.63, 3.8) is 0 Å². The van der Waals surface area contributed by atoms with Crippen molar-refractivity contribution >= 4 is 5.91 Å². The second kappa shape index (κ2) is 9.94. The molecule has 0 radical (unpaired) electrons. The second-order valence-electron chi connectivity index (χ2n) is 5.56. The summed E-state index contributed by atoms with van der Waals surface area (Å²) < 4.78 is 16.0. The van der Waals surface area contributed by atoms with Crippen LogP contribution in [0.2, 0.25) is 0 Å². The standard InChI is InChI=1S/C20H22N2O4/c1-24-17-6-3-5-16(11-17)14-22-20(23)7-4-10-26-18-9-8-15(13-21)12-19(18)25-2/h3,5-6,8-9,11-12H,4,7,10,14H2,1-2H3,(H,22,23). The van der Waals surface area contributed by atoms with Gasteiger partial charge in [-0.05, 0) is 36.2 Å². The first-order valence-corrected chi connectivity index (χ1v) is 8.27. The molecule has 6 heteroatoms. The zero-order valence-electron chi connectivity index (χ0n) is 15.0. The maximum absolute atomic E-state index is 11.9. The summed E-state index contributed by atoms with van der Waals surface area (Å²) >= 11 is 0. The van der Waals surface area contributed by atoms with Crippen LogP contribution in [-0.2, 0) is 11.3 Å². The Balaban J connectivity index is 1.72. The number of benzene rings is 2. The molecule has 0 aromatic heterocycles. The number of carbonyl (C=O) groups is 1. The van der Waals surface area contributed by atoms with Gasteiger partial charge in [0.05, 0.1) is 32.5 Å². The summed E-state index contributed by atoms with van der Waals surface area (Å²) in [6.45, 7) is 0.842. The fourth-order valence-corrected chi connectivity index (χ4v) is 2.34. The van der Waals surface area contributed by atoms with Gasteiger partial charge in [-0.3, -0.25) is 4.79 Å². The summed E-state index contributed by atoms with van der Waals surface area (Å²) in [5.41, 5.74) is 1.49. The van der Waals surface area contributed by atoms with Gasteiger partial charge < -0.3 is 19.5 Å². The van der Waals surface area contributed by atoms with Crippen LogP contribution in [0.25, 0.3) is 0 Å². The van der Waals surface area contributed by atoms with Crippen LogP contribution in [-0.4, -0.2) is 26.7 Å². The number of carbonyl (C=O) groups excluding carboxylic acids is 1. The molecule has 2 aromatic carbocycles. The van der Waals surface area contributed by atoms with Crippen molar-refractivity contribution in [2.45, 2.75) is 19.4 Å². The minimum absolute atomic E-state index is 0.0387. The number of methoxy groups -OCH3 is 2. The van der Waals surface area contributed by atoms with Crippen LogP contribution in [0.4, 0.5) is 0 Å². The van der Waals surface area contributed by atoms with Gasteiger partial charge >= 0.3 is 0 Å². The molecule has 0 bridgehead atoms. The summed E-state index contributed by atoms with van der Waals surface area (Å²) in [6.07, 6.45) is 0.940. The quantitative estimate of drug-likeness (QED) is 0.700. The first-order valence-electron chi connectivity index (χ1n) is 8.27. The van der Waals surface area contributed by atoms with Crippen molar-refractivity contribution in [2.24, 2.45) is 0 Å². The zero-order valence-corrected chi connectivity index (χ0v) is 15.0. The van der Waals surface area contributed by atoms with Gasteiger partial charge in [0.25, 0.3) is 0 Å². The first kappa shape index (κ1) is 19.1. The minimum Gasteiger partial charge on any atom is -0.497 e. The molecule has 1 amide bonds. The molecule has 0 heterocycles. The van der Waals surface area contributed by atoms with E-state index >= 15 is 0 Å². The number of nitriles is 1. The zero-order chi connectivity index (χ0) is 18.8. The number of nitrogens with zero attached hydrogens (tertiary/aromatic N) is 1. The highest BCUT2D eigenvalue weighted by Gasteiger charge is 2.07. The van der Waals surface area contributed by atoms with E-state index in [1.807, 2.05) is 30.3 Å². The molecule has 0 spiro atoms. The van der Waals surface area contributed by atoms with E-state index in [0.29, 0.717) is 43.1 Å². The first-order chi connectivity index (χ1) is 12.7. The highest BCUT2D eigenvalue weighted by atomic mass is 16.5. The lowest BCUT2D eigenvalue weighted by atomic mass is 10.2. The van der Waals surface area contributed by atoms with Crippen molar-refractivity contribution in [1.82, 2.24) is 5.32 Å². The van der Waals surface area contributed by atoms with Gasteiger partial charge in [0.1, 0.15) is 5.75 Å². The minimum atomic E-state index is -0.0387. The fourth-order valence-electron chi connectivity index (χ4n) is 2.34. The third-order valence-corrected chi connectivity index (χ3v) is 3.72. The van der Waals surface area contributed by atoms with Crippen LogP contribution in [0, 0.1) is 11.3 Å². The summed E-state index contributed by atoms with van der Waals surface area (Å²) in [5, 5.41) is 11.8. The third-order valence-electron chi connectivity index (χ3n) is 3.72. The van der Waals surface area contributed by atoms with E-state index in [9.17, 15) is 4.79 Å². The van der Waals surface area contributed by atoms with Gasteiger partial charge in [-0.1, -0.05) is 12.1 Å². The van der Waals surface area contributed by atoms with Crippen molar-refractivity contribution in [3.05, 3.63) is 53.6 Å². The Morgan fingerprint density at radius 2 is 1.96 bits per heavy atom. The van der Waals surface area contributed by atoms with E-state index in [1.165, 1.54) is 7.11 Å². The molecule has 0 aliphatic heterocycles. The molecule has 136 valence electrons. The Bertz CT molecular complexity index is 784. The third kappa shape index (κ3) is 5.71. The smallest absolute Gasteiger partial charge is 0.220 e. The molecule has 0 fully saturated rings. The van der Waals surface area contributed by atoms with Crippen LogP contribution < -0.4 is 19.5 Å². The number of hydrogen-bond acceptors (Lipinski definition) is 5. The SMILES string of the molecule is COc1cccc(CNC(=O)CCCOc2ccc(C#N)cc2OC)c1. The number of rotatable bonds is 9. The van der Waals surface area contributed by atoms with Crippen LogP contribution in [0.3, 0.4) is 0 Å². The molecule has 26 heavy (non-hydrogen) atoms. The molecule has 0 atom stereocenters. The molecular weight excluding hydrogens is 332 g/mol. The molecule has 0 unspecified atom stereocenters. The average Bonchev–Trinajstić information content (AvgIpc) is 2.69. The summed E-state index contributed by atoms with van der Waals surface area (Å²) in [4.78, 5) is 11.9. The number of amides is 1. The molecule has 1 N–H and O–H groups in total. The van der Waals surface area contributed by atoms with Crippen LogP contribution in [0.5, 0.6) is 17.2 Å². The van der Waals surface area contributed by atoms with E-state index in [4.69, 9.17) is 19.5 Å². The van der Waals surface area contributed by atoms with Gasteiger partial charge in [-0.15, -0.1) is 0 Å². The topological polar surface area (TPSA) is 80.6 Å². The van der Waals surface area contributed by atoms with Crippen molar-refractivity contribution in [3.8, 4) is 23.3 Å². The highest BCUT2D eigenvalue weighted by Crippen LogP contribution is 2.27. The van der Waals surface area contributed by atoms with Crippen LogP contribution in [0.15, 0.2) is 42.5 Å². The Labute approximate surface area is 153 Å². The van der Waals surface area contributed by atoms with E-state index in [2.05, 4.69) is 5.32 Å². The van der Waals surface area contributed by atoms with Crippen LogP contribution >= 0.6 is 0 Å².